The van der Waals surface area contributed by atoms with Crippen LogP contribution in [0.2, 0.25) is 0 Å². The van der Waals surface area contributed by atoms with Gasteiger partial charge in [-0.25, -0.2) is 0 Å². The van der Waals surface area contributed by atoms with Gasteiger partial charge in [-0.1, -0.05) is 18.2 Å². The normalized spacial score (nSPS) is 15.1. The van der Waals surface area contributed by atoms with Crippen LogP contribution < -0.4 is 15.0 Å². The van der Waals surface area contributed by atoms with Crippen molar-refractivity contribution in [2.45, 2.75) is 13.8 Å². The van der Waals surface area contributed by atoms with Crippen LogP contribution in [0, 0.1) is 13.8 Å². The van der Waals surface area contributed by atoms with E-state index < -0.39 is 11.8 Å². The predicted octanol–water partition coefficient (Wildman–Crippen LogP) is 4.63. The van der Waals surface area contributed by atoms with Crippen LogP contribution in [0.5, 0.6) is 17.2 Å². The number of ether oxygens (including phenoxy) is 1. The van der Waals surface area contributed by atoms with E-state index in [0.717, 1.165) is 0 Å². The lowest BCUT2D eigenvalue weighted by molar-refractivity contribution is -0.122. The predicted molar refractivity (Wildman–Crippen MR) is 127 cm³/mol. The van der Waals surface area contributed by atoms with E-state index >= 15 is 0 Å². The standard InChI is InChI=1S/C25H20N2O4S/c1-15-12-17(13-16(2)22(15)28)14-21-23(29)26-25(32)27(24(21)30)18-8-10-20(11-9-18)31-19-6-4-3-5-7-19/h3-14,28H,1-2H3,(H,26,29,32). The lowest BCUT2D eigenvalue weighted by Crippen LogP contribution is -2.54. The summed E-state index contributed by atoms with van der Waals surface area (Å²) in [6, 6.07) is 19.6. The zero-order valence-corrected chi connectivity index (χ0v) is 18.3. The second-order valence-corrected chi connectivity index (χ2v) is 7.76. The van der Waals surface area contributed by atoms with E-state index in [9.17, 15) is 14.7 Å². The van der Waals surface area contributed by atoms with Gasteiger partial charge in [0.15, 0.2) is 5.11 Å². The number of aromatic hydroxyl groups is 1. The van der Waals surface area contributed by atoms with E-state index in [1.165, 1.54) is 11.0 Å². The molecule has 0 radical (unpaired) electrons. The number of amides is 2. The number of phenolic OH excluding ortho intramolecular Hbond substituents is 1. The summed E-state index contributed by atoms with van der Waals surface area (Å²) in [5, 5.41) is 12.6. The number of para-hydroxylation sites is 1. The van der Waals surface area contributed by atoms with Gasteiger partial charge in [0.1, 0.15) is 22.8 Å². The summed E-state index contributed by atoms with van der Waals surface area (Å²) in [5.74, 6) is 0.390. The van der Waals surface area contributed by atoms with Gasteiger partial charge in [-0.3, -0.25) is 19.8 Å². The number of carbonyl (C=O) groups is 2. The van der Waals surface area contributed by atoms with Gasteiger partial charge in [-0.2, -0.15) is 0 Å². The molecule has 3 aromatic rings. The third-order valence-corrected chi connectivity index (χ3v) is 5.28. The number of thiocarbonyl (C=S) groups is 1. The SMILES string of the molecule is Cc1cc(C=C2C(=O)NC(=S)N(c3ccc(Oc4ccccc4)cc3)C2=O)cc(C)c1O. The largest absolute Gasteiger partial charge is 0.507 e. The van der Waals surface area contributed by atoms with Crippen LogP contribution in [0.4, 0.5) is 5.69 Å². The number of hydrogen-bond donors (Lipinski definition) is 2. The van der Waals surface area contributed by atoms with Crippen LogP contribution in [0.3, 0.4) is 0 Å². The minimum Gasteiger partial charge on any atom is -0.507 e. The summed E-state index contributed by atoms with van der Waals surface area (Å²) in [6.45, 7) is 3.52. The molecule has 0 aliphatic carbocycles. The quantitative estimate of drug-likeness (QED) is 0.348. The molecule has 0 bridgehead atoms. The molecule has 4 rings (SSSR count). The molecule has 1 heterocycles. The van der Waals surface area contributed by atoms with Crippen LogP contribution in [-0.2, 0) is 9.59 Å². The molecule has 1 aliphatic heterocycles. The molecule has 0 saturated carbocycles. The molecule has 0 spiro atoms. The first-order valence-electron chi connectivity index (χ1n) is 9.88. The van der Waals surface area contributed by atoms with Crippen molar-refractivity contribution in [2.75, 3.05) is 4.90 Å². The molecule has 160 valence electrons. The number of benzene rings is 3. The Hall–Kier alpha value is -3.97. The Morgan fingerprint density at radius 2 is 1.53 bits per heavy atom. The van der Waals surface area contributed by atoms with Gasteiger partial charge < -0.3 is 9.84 Å². The van der Waals surface area contributed by atoms with Crippen molar-refractivity contribution in [2.24, 2.45) is 0 Å². The molecule has 0 aromatic heterocycles. The first-order valence-corrected chi connectivity index (χ1v) is 10.3. The van der Waals surface area contributed by atoms with Crippen LogP contribution in [0.25, 0.3) is 6.08 Å². The number of carbonyl (C=O) groups excluding carboxylic acids is 2. The van der Waals surface area contributed by atoms with Gasteiger partial charge in [0.25, 0.3) is 11.8 Å². The van der Waals surface area contributed by atoms with Gasteiger partial charge >= 0.3 is 0 Å². The summed E-state index contributed by atoms with van der Waals surface area (Å²) in [6.07, 6.45) is 1.50. The molecule has 1 aliphatic rings. The smallest absolute Gasteiger partial charge is 0.270 e. The van der Waals surface area contributed by atoms with Gasteiger partial charge in [0, 0.05) is 0 Å². The van der Waals surface area contributed by atoms with E-state index in [-0.39, 0.29) is 16.4 Å². The molecular weight excluding hydrogens is 424 g/mol. The highest BCUT2D eigenvalue weighted by Gasteiger charge is 2.34. The van der Waals surface area contributed by atoms with E-state index in [2.05, 4.69) is 5.32 Å². The zero-order valence-electron chi connectivity index (χ0n) is 17.5. The highest BCUT2D eigenvalue weighted by Crippen LogP contribution is 2.28. The molecule has 7 heteroatoms. The number of phenols is 1. The second-order valence-electron chi connectivity index (χ2n) is 7.37. The Labute approximate surface area is 190 Å². The Morgan fingerprint density at radius 3 is 2.16 bits per heavy atom. The van der Waals surface area contributed by atoms with Gasteiger partial charge in [-0.05, 0) is 97.4 Å². The number of nitrogens with zero attached hydrogens (tertiary/aromatic N) is 1. The first kappa shape index (κ1) is 21.3. The monoisotopic (exact) mass is 444 g/mol. The van der Waals surface area contributed by atoms with Crippen molar-refractivity contribution in [3.63, 3.8) is 0 Å². The number of anilines is 1. The number of hydrogen-bond acceptors (Lipinski definition) is 5. The lowest BCUT2D eigenvalue weighted by Gasteiger charge is -2.29. The Bertz CT molecular complexity index is 1230. The van der Waals surface area contributed by atoms with Gasteiger partial charge in [-0.15, -0.1) is 0 Å². The van der Waals surface area contributed by atoms with Crippen LogP contribution in [-0.4, -0.2) is 22.0 Å². The second kappa shape index (κ2) is 8.64. The summed E-state index contributed by atoms with van der Waals surface area (Å²) in [5.41, 5.74) is 2.40. The molecule has 0 unspecified atom stereocenters. The topological polar surface area (TPSA) is 78.9 Å². The molecule has 32 heavy (non-hydrogen) atoms. The van der Waals surface area contributed by atoms with E-state index in [1.807, 2.05) is 30.3 Å². The Kier molecular flexibility index (Phi) is 5.75. The summed E-state index contributed by atoms with van der Waals surface area (Å²) >= 11 is 5.26. The maximum atomic E-state index is 13.2. The van der Waals surface area contributed by atoms with Crippen molar-refractivity contribution in [3.05, 3.63) is 89.0 Å². The summed E-state index contributed by atoms with van der Waals surface area (Å²) in [4.78, 5) is 27.0. The van der Waals surface area contributed by atoms with E-state index in [0.29, 0.717) is 33.9 Å². The molecule has 1 saturated heterocycles. The third-order valence-electron chi connectivity index (χ3n) is 5.00. The highest BCUT2D eigenvalue weighted by atomic mass is 32.1. The summed E-state index contributed by atoms with van der Waals surface area (Å²) in [7, 11) is 0. The molecule has 2 N–H and O–H groups in total. The van der Waals surface area contributed by atoms with E-state index in [4.69, 9.17) is 17.0 Å². The average Bonchev–Trinajstić information content (AvgIpc) is 2.76. The maximum absolute atomic E-state index is 13.2. The average molecular weight is 445 g/mol. The van der Waals surface area contributed by atoms with Crippen LogP contribution >= 0.6 is 12.2 Å². The van der Waals surface area contributed by atoms with Crippen molar-refractivity contribution in [1.29, 1.82) is 0 Å². The molecule has 1 fully saturated rings. The molecular formula is C25H20N2O4S. The van der Waals surface area contributed by atoms with Crippen LogP contribution in [0.1, 0.15) is 16.7 Å². The van der Waals surface area contributed by atoms with Gasteiger partial charge in [0.05, 0.1) is 5.69 Å². The minimum atomic E-state index is -0.566. The summed E-state index contributed by atoms with van der Waals surface area (Å²) < 4.78 is 5.79. The van der Waals surface area contributed by atoms with E-state index in [1.54, 1.807) is 50.2 Å². The van der Waals surface area contributed by atoms with Crippen molar-refractivity contribution in [1.82, 2.24) is 5.32 Å². The zero-order chi connectivity index (χ0) is 22.8. The molecule has 6 nitrogen and oxygen atoms in total. The van der Waals surface area contributed by atoms with Crippen molar-refractivity contribution < 1.29 is 19.4 Å². The first-order chi connectivity index (χ1) is 15.3. The number of rotatable bonds is 4. The Morgan fingerprint density at radius 1 is 0.938 bits per heavy atom. The lowest BCUT2D eigenvalue weighted by atomic mass is 10.0. The third kappa shape index (κ3) is 4.24. The maximum Gasteiger partial charge on any atom is 0.270 e. The number of nitrogens with one attached hydrogen (secondary N) is 1. The molecule has 2 amide bonds. The van der Waals surface area contributed by atoms with Crippen molar-refractivity contribution in [3.8, 4) is 17.2 Å². The fourth-order valence-corrected chi connectivity index (χ4v) is 3.70. The highest BCUT2D eigenvalue weighted by molar-refractivity contribution is 7.80. The van der Waals surface area contributed by atoms with Crippen molar-refractivity contribution >= 4 is 40.9 Å². The van der Waals surface area contributed by atoms with Crippen LogP contribution in [0.15, 0.2) is 72.3 Å². The molecule has 0 atom stereocenters. The molecule has 3 aromatic carbocycles. The minimum absolute atomic E-state index is 0.00643. The van der Waals surface area contributed by atoms with Gasteiger partial charge in [0.2, 0.25) is 0 Å². The number of aryl methyl sites for hydroxylation is 2. The fraction of sp³-hybridized carbons (Fsp3) is 0.0800. The Balaban J connectivity index is 1.62. The fourth-order valence-electron chi connectivity index (χ4n) is 3.42.